The monoisotopic (exact) mass is 389 g/mol. The largest absolute Gasteiger partial charge is 0.275 e. The maximum Gasteiger partial charge on any atom is 0.263 e. The molecule has 0 aliphatic heterocycles. The Morgan fingerprint density at radius 3 is 2.83 bits per heavy atom. The molecular formula is C14H16ClN3O4S2. The number of carbonyl (C=O) groups excluding carboxylic acids is 1. The first-order valence-electron chi connectivity index (χ1n) is 6.78. The number of nitrogens with one attached hydrogen (secondary N) is 1. The van der Waals surface area contributed by atoms with Gasteiger partial charge in [-0.15, -0.1) is 11.3 Å². The molecule has 0 aliphatic rings. The van der Waals surface area contributed by atoms with Gasteiger partial charge in [-0.2, -0.15) is 0 Å². The molecule has 0 unspecified atom stereocenters. The highest BCUT2D eigenvalue weighted by molar-refractivity contribution is 7.93. The van der Waals surface area contributed by atoms with Crippen molar-refractivity contribution in [2.45, 2.75) is 18.2 Å². The van der Waals surface area contributed by atoms with Crippen LogP contribution in [0.25, 0.3) is 0 Å². The number of benzene rings is 1. The number of hydrogen-bond donors (Lipinski definition) is 1. The van der Waals surface area contributed by atoms with Crippen LogP contribution in [0.3, 0.4) is 0 Å². The van der Waals surface area contributed by atoms with Crippen LogP contribution in [0, 0.1) is 6.92 Å². The minimum Gasteiger partial charge on any atom is -0.275 e. The van der Waals surface area contributed by atoms with Crippen molar-refractivity contribution in [1.29, 1.82) is 0 Å². The number of hydroxylamine groups is 2. The van der Waals surface area contributed by atoms with Gasteiger partial charge in [0.2, 0.25) is 0 Å². The van der Waals surface area contributed by atoms with E-state index in [1.165, 1.54) is 26.4 Å². The Hall–Kier alpha value is -1.68. The third-order valence-corrected chi connectivity index (χ3v) is 6.17. The van der Waals surface area contributed by atoms with Crippen LogP contribution in [0.5, 0.6) is 0 Å². The number of hydrogen-bond acceptors (Lipinski definition) is 6. The van der Waals surface area contributed by atoms with Crippen molar-refractivity contribution >= 4 is 44.0 Å². The summed E-state index contributed by atoms with van der Waals surface area (Å²) in [5, 5.41) is 1.64. The van der Waals surface area contributed by atoms with Gasteiger partial charge >= 0.3 is 0 Å². The van der Waals surface area contributed by atoms with Crippen molar-refractivity contribution in [1.82, 2.24) is 10.0 Å². The molecule has 2 rings (SSSR count). The molecule has 10 heteroatoms. The lowest BCUT2D eigenvalue weighted by Crippen LogP contribution is -2.26. The summed E-state index contributed by atoms with van der Waals surface area (Å²) in [4.78, 5) is 21.3. The van der Waals surface area contributed by atoms with E-state index < -0.39 is 10.0 Å². The average molecular weight is 390 g/mol. The highest BCUT2D eigenvalue weighted by Crippen LogP contribution is 2.26. The smallest absolute Gasteiger partial charge is 0.263 e. The van der Waals surface area contributed by atoms with Crippen LogP contribution in [-0.4, -0.2) is 38.5 Å². The molecule has 0 radical (unpaired) electrons. The Morgan fingerprint density at radius 1 is 1.46 bits per heavy atom. The van der Waals surface area contributed by atoms with Crippen molar-refractivity contribution in [3.05, 3.63) is 39.9 Å². The first-order valence-corrected chi connectivity index (χ1v) is 9.45. The molecule has 0 fully saturated rings. The minimum absolute atomic E-state index is 0.0694. The highest BCUT2D eigenvalue weighted by Gasteiger charge is 2.20. The Morgan fingerprint density at radius 2 is 2.17 bits per heavy atom. The number of thiazole rings is 1. The lowest BCUT2D eigenvalue weighted by Gasteiger charge is -2.12. The zero-order chi connectivity index (χ0) is 17.9. The Kier molecular flexibility index (Phi) is 5.81. The summed E-state index contributed by atoms with van der Waals surface area (Å²) in [6, 6.07) is 4.65. The van der Waals surface area contributed by atoms with E-state index in [0.717, 1.165) is 16.4 Å². The zero-order valence-electron chi connectivity index (χ0n) is 13.2. The van der Waals surface area contributed by atoms with Gasteiger partial charge in [0.25, 0.3) is 15.9 Å². The van der Waals surface area contributed by atoms with Crippen LogP contribution in [-0.2, 0) is 26.1 Å². The normalized spacial score (nSPS) is 11.3. The van der Waals surface area contributed by atoms with Crippen LogP contribution in [0.1, 0.15) is 10.4 Å². The van der Waals surface area contributed by atoms with Gasteiger partial charge in [-0.05, 0) is 24.6 Å². The fraction of sp³-hybridized carbons (Fsp3) is 0.286. The van der Waals surface area contributed by atoms with E-state index in [1.54, 1.807) is 19.1 Å². The third kappa shape index (κ3) is 4.23. The topological polar surface area (TPSA) is 88.6 Å². The molecule has 1 aromatic carbocycles. The summed E-state index contributed by atoms with van der Waals surface area (Å²) in [6.07, 6.45) is 1.52. The summed E-state index contributed by atoms with van der Waals surface area (Å²) in [7, 11) is -0.928. The van der Waals surface area contributed by atoms with Crippen LogP contribution in [0.4, 0.5) is 5.13 Å². The SMILES string of the molecule is CON(C)C(=O)Cc1cnc(NS(=O)(=O)c2cccc(Cl)c2C)s1. The van der Waals surface area contributed by atoms with Gasteiger partial charge in [0.15, 0.2) is 5.13 Å². The van der Waals surface area contributed by atoms with Crippen molar-refractivity contribution in [3.8, 4) is 0 Å². The average Bonchev–Trinajstić information content (AvgIpc) is 2.95. The summed E-state index contributed by atoms with van der Waals surface area (Å²) in [5.41, 5.74) is 0.459. The van der Waals surface area contributed by atoms with Gasteiger partial charge in [0.05, 0.1) is 18.4 Å². The van der Waals surface area contributed by atoms with E-state index in [-0.39, 0.29) is 22.4 Å². The van der Waals surface area contributed by atoms with E-state index in [0.29, 0.717) is 15.5 Å². The number of rotatable bonds is 6. The molecule has 1 amide bonds. The second-order valence-corrected chi connectivity index (χ2v) is 8.02. The number of likely N-dealkylation sites (N-methyl/N-ethyl adjacent to an activating group) is 1. The zero-order valence-corrected chi connectivity index (χ0v) is 15.6. The fourth-order valence-electron chi connectivity index (χ4n) is 1.85. The van der Waals surface area contributed by atoms with E-state index in [9.17, 15) is 13.2 Å². The number of halogens is 1. The van der Waals surface area contributed by atoms with E-state index in [1.807, 2.05) is 0 Å². The highest BCUT2D eigenvalue weighted by atomic mass is 35.5. The molecule has 130 valence electrons. The number of amides is 1. The predicted molar refractivity (Wildman–Crippen MR) is 92.6 cm³/mol. The van der Waals surface area contributed by atoms with Gasteiger partial charge in [-0.25, -0.2) is 18.5 Å². The predicted octanol–water partition coefficient (Wildman–Crippen LogP) is 2.47. The van der Waals surface area contributed by atoms with Gasteiger partial charge in [-0.3, -0.25) is 14.4 Å². The van der Waals surface area contributed by atoms with E-state index in [4.69, 9.17) is 16.4 Å². The summed E-state index contributed by atoms with van der Waals surface area (Å²) in [6.45, 7) is 1.63. The molecule has 1 heterocycles. The van der Waals surface area contributed by atoms with Crippen molar-refractivity contribution < 1.29 is 18.0 Å². The van der Waals surface area contributed by atoms with Crippen LogP contribution in [0.2, 0.25) is 5.02 Å². The number of carbonyl (C=O) groups is 1. The standard InChI is InChI=1S/C14H16ClN3O4S2/c1-9-11(15)5-4-6-12(9)24(20,21)17-14-16-8-10(23-14)7-13(19)18(2)22-3/h4-6,8H,7H2,1-3H3,(H,16,17). The number of nitrogens with zero attached hydrogens (tertiary/aromatic N) is 2. The molecule has 0 saturated heterocycles. The van der Waals surface area contributed by atoms with Crippen LogP contribution < -0.4 is 4.72 Å². The van der Waals surface area contributed by atoms with E-state index >= 15 is 0 Å². The molecule has 0 bridgehead atoms. The van der Waals surface area contributed by atoms with Gasteiger partial charge in [-0.1, -0.05) is 17.7 Å². The Labute approximate surface area is 149 Å². The quantitative estimate of drug-likeness (QED) is 0.766. The molecule has 1 aromatic heterocycles. The van der Waals surface area contributed by atoms with Gasteiger partial charge < -0.3 is 0 Å². The van der Waals surface area contributed by atoms with Gasteiger partial charge in [0.1, 0.15) is 0 Å². The first kappa shape index (κ1) is 18.7. The van der Waals surface area contributed by atoms with E-state index in [2.05, 4.69) is 9.71 Å². The molecular weight excluding hydrogens is 374 g/mol. The molecule has 1 N–H and O–H groups in total. The van der Waals surface area contributed by atoms with Crippen molar-refractivity contribution in [2.75, 3.05) is 18.9 Å². The minimum atomic E-state index is -3.81. The van der Waals surface area contributed by atoms with Crippen molar-refractivity contribution in [2.24, 2.45) is 0 Å². The molecule has 2 aromatic rings. The first-order chi connectivity index (χ1) is 11.2. The fourth-order valence-corrected chi connectivity index (χ4v) is 4.39. The summed E-state index contributed by atoms with van der Waals surface area (Å²) >= 11 is 7.05. The molecule has 24 heavy (non-hydrogen) atoms. The van der Waals surface area contributed by atoms with Crippen LogP contribution in [0.15, 0.2) is 29.3 Å². The molecule has 0 saturated carbocycles. The number of aromatic nitrogens is 1. The second kappa shape index (κ2) is 7.47. The summed E-state index contributed by atoms with van der Waals surface area (Å²) in [5.74, 6) is -0.263. The van der Waals surface area contributed by atoms with Crippen molar-refractivity contribution in [3.63, 3.8) is 0 Å². The third-order valence-electron chi connectivity index (χ3n) is 3.23. The molecule has 0 spiro atoms. The molecule has 0 atom stereocenters. The maximum atomic E-state index is 12.5. The molecule has 0 aliphatic carbocycles. The molecule has 7 nitrogen and oxygen atoms in total. The maximum absolute atomic E-state index is 12.5. The number of anilines is 1. The number of sulfonamides is 1. The Balaban J connectivity index is 2.17. The van der Waals surface area contributed by atoms with Crippen LogP contribution >= 0.6 is 22.9 Å². The second-order valence-electron chi connectivity index (χ2n) is 4.85. The summed E-state index contributed by atoms with van der Waals surface area (Å²) < 4.78 is 27.3. The Bertz CT molecular complexity index is 851. The lowest BCUT2D eigenvalue weighted by atomic mass is 10.2. The lowest BCUT2D eigenvalue weighted by molar-refractivity contribution is -0.167. The van der Waals surface area contributed by atoms with Gasteiger partial charge in [0, 0.05) is 23.1 Å².